The van der Waals surface area contributed by atoms with Crippen LogP contribution in [0.15, 0.2) is 30.3 Å². The molecule has 1 heteroatoms. The van der Waals surface area contributed by atoms with Crippen molar-refractivity contribution >= 4 is 13.6 Å². The Morgan fingerprint density at radius 3 is 2.27 bits per heavy atom. The van der Waals surface area contributed by atoms with Crippen LogP contribution in [-0.2, 0) is 5.04 Å². The Morgan fingerprint density at radius 1 is 1.07 bits per heavy atom. The van der Waals surface area contributed by atoms with Crippen molar-refractivity contribution in [2.45, 2.75) is 38.5 Å². The van der Waals surface area contributed by atoms with Crippen molar-refractivity contribution in [2.75, 3.05) is 0 Å². The number of allylic oxidation sites excluding steroid dienone is 2. The van der Waals surface area contributed by atoms with Crippen molar-refractivity contribution in [3.63, 3.8) is 0 Å². The lowest BCUT2D eigenvalue weighted by atomic mass is 10.0. The third-order valence-electron chi connectivity index (χ3n) is 3.97. The van der Waals surface area contributed by atoms with E-state index in [2.05, 4.69) is 63.8 Å². The smallest absolute Gasteiger partial charge is 0.0601 e. The van der Waals surface area contributed by atoms with Crippen molar-refractivity contribution in [3.8, 4) is 0 Å². The largest absolute Gasteiger partial charge is 0.0734 e. The van der Waals surface area contributed by atoms with E-state index in [0.717, 1.165) is 0 Å². The molecule has 15 heavy (non-hydrogen) atoms. The molecule has 0 fully saturated rings. The summed E-state index contributed by atoms with van der Waals surface area (Å²) in [5.41, 5.74) is 4.46. The summed E-state index contributed by atoms with van der Waals surface area (Å²) in [7, 11) is -1.22. The van der Waals surface area contributed by atoms with Gasteiger partial charge in [0.1, 0.15) is 0 Å². The van der Waals surface area contributed by atoms with Crippen LogP contribution >= 0.6 is 0 Å². The fourth-order valence-corrected chi connectivity index (χ4v) is 4.16. The van der Waals surface area contributed by atoms with Crippen molar-refractivity contribution < 1.29 is 0 Å². The van der Waals surface area contributed by atoms with Crippen LogP contribution in [-0.4, -0.2) is 8.07 Å². The summed E-state index contributed by atoms with van der Waals surface area (Å²) in [6.45, 7) is 12.0. The van der Waals surface area contributed by atoms with Crippen LogP contribution in [0.1, 0.15) is 25.0 Å². The predicted molar refractivity (Wildman–Crippen MR) is 70.8 cm³/mol. The quantitative estimate of drug-likeness (QED) is 0.616. The maximum Gasteiger partial charge on any atom is 0.0601 e. The fourth-order valence-electron chi connectivity index (χ4n) is 2.49. The maximum atomic E-state index is 2.49. The lowest BCUT2D eigenvalue weighted by Crippen LogP contribution is -2.44. The summed E-state index contributed by atoms with van der Waals surface area (Å²) in [5.74, 6) is 0. The van der Waals surface area contributed by atoms with Gasteiger partial charge in [0.25, 0.3) is 0 Å². The minimum absolute atomic E-state index is 0.313. The monoisotopic (exact) mass is 216 g/mol. The molecule has 0 saturated heterocycles. The van der Waals surface area contributed by atoms with Crippen molar-refractivity contribution in [3.05, 3.63) is 41.5 Å². The van der Waals surface area contributed by atoms with Gasteiger partial charge in [0.15, 0.2) is 0 Å². The number of hydrogen-bond donors (Lipinski definition) is 0. The van der Waals surface area contributed by atoms with Gasteiger partial charge in [-0.2, -0.15) is 0 Å². The van der Waals surface area contributed by atoms with Gasteiger partial charge in [0.05, 0.1) is 8.07 Å². The molecule has 1 atom stereocenters. The zero-order valence-corrected chi connectivity index (χ0v) is 11.4. The molecule has 80 valence electrons. The summed E-state index contributed by atoms with van der Waals surface area (Å²) < 4.78 is 0. The second kappa shape index (κ2) is 3.08. The van der Waals surface area contributed by atoms with Gasteiger partial charge in [0, 0.05) is 5.04 Å². The van der Waals surface area contributed by atoms with Gasteiger partial charge in [-0.1, -0.05) is 56.9 Å². The Labute approximate surface area is 94.0 Å². The maximum absolute atomic E-state index is 2.49. The number of hydrogen-bond acceptors (Lipinski definition) is 0. The van der Waals surface area contributed by atoms with Crippen LogP contribution in [0, 0.1) is 0 Å². The van der Waals surface area contributed by atoms with Gasteiger partial charge < -0.3 is 0 Å². The summed E-state index contributed by atoms with van der Waals surface area (Å²) in [6.07, 6.45) is 2.49. The molecule has 1 aromatic rings. The summed E-state index contributed by atoms with van der Waals surface area (Å²) in [5, 5.41) is 0.313. The second-order valence-corrected chi connectivity index (χ2v) is 11.4. The number of rotatable bonds is 1. The molecule has 2 rings (SSSR count). The lowest BCUT2D eigenvalue weighted by molar-refractivity contribution is 0.827. The summed E-state index contributed by atoms with van der Waals surface area (Å²) in [6, 6.07) is 8.88. The molecule has 1 aromatic carbocycles. The van der Waals surface area contributed by atoms with Crippen LogP contribution in [0.3, 0.4) is 0 Å². The molecule has 0 aromatic heterocycles. The van der Waals surface area contributed by atoms with Crippen LogP contribution in [0.25, 0.3) is 5.57 Å². The van der Waals surface area contributed by atoms with E-state index >= 15 is 0 Å². The molecule has 1 aliphatic carbocycles. The molecule has 0 N–H and O–H groups in total. The standard InChI is InChI=1S/C14H20Si/c1-11-10-14(2,15(3,4)5)13-9-7-6-8-12(11)13/h6-10H,1-5H3. The van der Waals surface area contributed by atoms with Crippen LogP contribution < -0.4 is 0 Å². The molecular weight excluding hydrogens is 196 g/mol. The first-order valence-corrected chi connectivity index (χ1v) is 9.15. The molecule has 0 spiro atoms. The second-order valence-electron chi connectivity index (χ2n) is 5.83. The highest BCUT2D eigenvalue weighted by molar-refractivity contribution is 6.79. The number of fused-ring (bicyclic) bond motifs is 1. The SMILES string of the molecule is CC1=CC(C)([Si](C)(C)C)c2ccccc21. The van der Waals surface area contributed by atoms with Crippen molar-refractivity contribution in [2.24, 2.45) is 0 Å². The molecule has 1 unspecified atom stereocenters. The Kier molecular flexibility index (Phi) is 2.20. The van der Waals surface area contributed by atoms with E-state index in [-0.39, 0.29) is 0 Å². The molecular formula is C14H20Si. The Hall–Kier alpha value is -0.823. The van der Waals surface area contributed by atoms with Gasteiger partial charge >= 0.3 is 0 Å². The van der Waals surface area contributed by atoms with Gasteiger partial charge in [-0.3, -0.25) is 0 Å². The Bertz CT molecular complexity index is 423. The molecule has 0 nitrogen and oxygen atoms in total. The minimum atomic E-state index is -1.22. The Morgan fingerprint density at radius 2 is 1.67 bits per heavy atom. The average Bonchev–Trinajstić information content (AvgIpc) is 2.41. The van der Waals surface area contributed by atoms with Crippen LogP contribution in [0.5, 0.6) is 0 Å². The van der Waals surface area contributed by atoms with Crippen molar-refractivity contribution in [1.29, 1.82) is 0 Å². The van der Waals surface area contributed by atoms with E-state index in [1.165, 1.54) is 11.1 Å². The molecule has 0 saturated carbocycles. The predicted octanol–water partition coefficient (Wildman–Crippen LogP) is 4.24. The normalized spacial score (nSPS) is 25.0. The number of benzene rings is 1. The van der Waals surface area contributed by atoms with E-state index in [1.807, 2.05) is 0 Å². The van der Waals surface area contributed by atoms with E-state index < -0.39 is 8.07 Å². The third-order valence-corrected chi connectivity index (χ3v) is 7.50. The molecule has 0 bridgehead atoms. The first kappa shape index (κ1) is 10.7. The average molecular weight is 216 g/mol. The van der Waals surface area contributed by atoms with Gasteiger partial charge in [0.2, 0.25) is 0 Å². The topological polar surface area (TPSA) is 0 Å². The fraction of sp³-hybridized carbons (Fsp3) is 0.429. The van der Waals surface area contributed by atoms with Crippen LogP contribution in [0.4, 0.5) is 0 Å². The van der Waals surface area contributed by atoms with Gasteiger partial charge in [-0.05, 0) is 23.6 Å². The third kappa shape index (κ3) is 1.41. The van der Waals surface area contributed by atoms with Crippen LogP contribution in [0.2, 0.25) is 19.6 Å². The zero-order valence-electron chi connectivity index (χ0n) is 10.4. The first-order chi connectivity index (χ1) is 6.86. The molecule has 1 aliphatic rings. The van der Waals surface area contributed by atoms with Gasteiger partial charge in [-0.25, -0.2) is 0 Å². The molecule has 0 aliphatic heterocycles. The van der Waals surface area contributed by atoms with Gasteiger partial charge in [-0.15, -0.1) is 0 Å². The van der Waals surface area contributed by atoms with E-state index in [4.69, 9.17) is 0 Å². The first-order valence-electron chi connectivity index (χ1n) is 5.65. The lowest BCUT2D eigenvalue weighted by Gasteiger charge is -2.36. The summed E-state index contributed by atoms with van der Waals surface area (Å²) in [4.78, 5) is 0. The van der Waals surface area contributed by atoms with Crippen molar-refractivity contribution in [1.82, 2.24) is 0 Å². The molecule has 0 amide bonds. The van der Waals surface area contributed by atoms with E-state index in [9.17, 15) is 0 Å². The molecule has 0 heterocycles. The highest BCUT2D eigenvalue weighted by Crippen LogP contribution is 2.45. The minimum Gasteiger partial charge on any atom is -0.0734 e. The highest BCUT2D eigenvalue weighted by Gasteiger charge is 2.43. The van der Waals surface area contributed by atoms with E-state index in [1.54, 1.807) is 5.56 Å². The van der Waals surface area contributed by atoms with E-state index in [0.29, 0.717) is 5.04 Å². The highest BCUT2D eigenvalue weighted by atomic mass is 28.3. The Balaban J connectivity index is 2.66. The zero-order chi connectivity index (χ0) is 11.3. The summed E-state index contributed by atoms with van der Waals surface area (Å²) >= 11 is 0. The molecule has 0 radical (unpaired) electrons.